The number of anilines is 1. The zero-order chi connectivity index (χ0) is 18.5. The summed E-state index contributed by atoms with van der Waals surface area (Å²) >= 11 is 0. The Hall–Kier alpha value is -2.77. The van der Waals surface area contributed by atoms with E-state index >= 15 is 0 Å². The lowest BCUT2D eigenvalue weighted by atomic mass is 10.00. The maximum Gasteiger partial charge on any atom is 0.266 e. The molecule has 0 spiro atoms. The van der Waals surface area contributed by atoms with Crippen molar-refractivity contribution in [2.45, 2.75) is 45.1 Å². The van der Waals surface area contributed by atoms with Crippen LogP contribution in [0.1, 0.15) is 49.9 Å². The van der Waals surface area contributed by atoms with Crippen LogP contribution in [0, 0.1) is 5.92 Å². The van der Waals surface area contributed by atoms with Crippen LogP contribution in [0.3, 0.4) is 0 Å². The summed E-state index contributed by atoms with van der Waals surface area (Å²) in [5.41, 5.74) is 2.07. The van der Waals surface area contributed by atoms with Gasteiger partial charge in [-0.15, -0.1) is 0 Å². The van der Waals surface area contributed by atoms with Crippen LogP contribution in [0.25, 0.3) is 5.78 Å². The molecular formula is C19H23N7O. The Labute approximate surface area is 156 Å². The van der Waals surface area contributed by atoms with Crippen LogP contribution in [-0.2, 0) is 6.54 Å². The van der Waals surface area contributed by atoms with Crippen molar-refractivity contribution < 1.29 is 0 Å². The second-order valence-electron chi connectivity index (χ2n) is 7.99. The quantitative estimate of drug-likeness (QED) is 0.686. The summed E-state index contributed by atoms with van der Waals surface area (Å²) in [5.74, 6) is 2.94. The van der Waals surface area contributed by atoms with Crippen LogP contribution in [-0.4, -0.2) is 42.5 Å². The molecule has 0 unspecified atom stereocenters. The van der Waals surface area contributed by atoms with Crippen molar-refractivity contribution in [3.05, 3.63) is 46.3 Å². The summed E-state index contributed by atoms with van der Waals surface area (Å²) in [6.07, 6.45) is 3.92. The van der Waals surface area contributed by atoms with Crippen molar-refractivity contribution >= 4 is 11.6 Å². The van der Waals surface area contributed by atoms with Crippen molar-refractivity contribution in [1.82, 2.24) is 29.4 Å². The van der Waals surface area contributed by atoms with Gasteiger partial charge < -0.3 is 4.90 Å². The first-order valence-electron chi connectivity index (χ1n) is 9.62. The highest BCUT2D eigenvalue weighted by atomic mass is 16.1. The Kier molecular flexibility index (Phi) is 3.73. The Morgan fingerprint density at radius 1 is 1.22 bits per heavy atom. The van der Waals surface area contributed by atoms with E-state index in [0.29, 0.717) is 30.1 Å². The molecule has 0 N–H and O–H groups in total. The molecule has 3 aromatic heterocycles. The summed E-state index contributed by atoms with van der Waals surface area (Å²) < 4.78 is 3.44. The van der Waals surface area contributed by atoms with Crippen LogP contribution in [0.5, 0.6) is 0 Å². The van der Waals surface area contributed by atoms with E-state index in [9.17, 15) is 4.79 Å². The minimum atomic E-state index is -0.0116. The predicted octanol–water partition coefficient (Wildman–Crippen LogP) is 1.82. The molecule has 0 bridgehead atoms. The van der Waals surface area contributed by atoms with Crippen molar-refractivity contribution in [2.75, 3.05) is 18.0 Å². The Morgan fingerprint density at radius 3 is 2.78 bits per heavy atom. The van der Waals surface area contributed by atoms with Crippen molar-refractivity contribution in [3.8, 4) is 0 Å². The van der Waals surface area contributed by atoms with E-state index in [1.165, 1.54) is 12.8 Å². The zero-order valence-corrected chi connectivity index (χ0v) is 15.6. The van der Waals surface area contributed by atoms with Gasteiger partial charge in [0.2, 0.25) is 0 Å². The lowest BCUT2D eigenvalue weighted by molar-refractivity contribution is 0.330. The zero-order valence-electron chi connectivity index (χ0n) is 15.6. The van der Waals surface area contributed by atoms with E-state index in [0.717, 1.165) is 30.3 Å². The number of aromatic nitrogens is 6. The summed E-state index contributed by atoms with van der Waals surface area (Å²) in [4.78, 5) is 23.3. The van der Waals surface area contributed by atoms with Crippen LogP contribution in [0.4, 0.5) is 5.82 Å². The minimum absolute atomic E-state index is 0.0116. The van der Waals surface area contributed by atoms with Gasteiger partial charge in [0.05, 0.1) is 17.9 Å². The molecule has 27 heavy (non-hydrogen) atoms. The molecule has 1 saturated heterocycles. The van der Waals surface area contributed by atoms with Crippen LogP contribution in [0.15, 0.2) is 29.3 Å². The Balaban J connectivity index is 1.34. The van der Waals surface area contributed by atoms with Gasteiger partial charge in [-0.05, 0) is 24.8 Å². The normalized spacial score (nSPS) is 17.7. The fraction of sp³-hybridized carbons (Fsp3) is 0.526. The van der Waals surface area contributed by atoms with E-state index in [2.05, 4.69) is 45.0 Å². The van der Waals surface area contributed by atoms with Gasteiger partial charge >= 0.3 is 0 Å². The van der Waals surface area contributed by atoms with Crippen molar-refractivity contribution in [3.63, 3.8) is 0 Å². The molecular weight excluding hydrogens is 342 g/mol. The molecule has 8 nitrogen and oxygen atoms in total. The fourth-order valence-corrected chi connectivity index (χ4v) is 3.64. The van der Waals surface area contributed by atoms with E-state index in [1.54, 1.807) is 21.6 Å². The number of hydrogen-bond acceptors (Lipinski definition) is 6. The first-order chi connectivity index (χ1) is 13.1. The first kappa shape index (κ1) is 16.4. The van der Waals surface area contributed by atoms with Gasteiger partial charge in [-0.2, -0.15) is 19.7 Å². The lowest BCUT2D eigenvalue weighted by Gasteiger charge is -2.40. The SMILES string of the molecule is CC(C)c1cc(N2CC(Cn3nc(C4CC4)ccc3=O)C2)n2ncnc2n1. The highest BCUT2D eigenvalue weighted by Crippen LogP contribution is 2.38. The van der Waals surface area contributed by atoms with E-state index < -0.39 is 0 Å². The fourth-order valence-electron chi connectivity index (χ4n) is 3.64. The molecule has 4 heterocycles. The molecule has 8 heteroatoms. The molecule has 0 aromatic carbocycles. The summed E-state index contributed by atoms with van der Waals surface area (Å²) in [6, 6.07) is 5.64. The largest absolute Gasteiger partial charge is 0.356 e. The van der Waals surface area contributed by atoms with Gasteiger partial charge in [-0.3, -0.25) is 4.79 Å². The van der Waals surface area contributed by atoms with E-state index in [1.807, 2.05) is 6.07 Å². The predicted molar refractivity (Wildman–Crippen MR) is 101 cm³/mol. The topological polar surface area (TPSA) is 81.2 Å². The molecule has 0 atom stereocenters. The molecule has 1 aliphatic heterocycles. The molecule has 5 rings (SSSR count). The molecule has 2 fully saturated rings. The van der Waals surface area contributed by atoms with Gasteiger partial charge in [0.1, 0.15) is 12.1 Å². The number of fused-ring (bicyclic) bond motifs is 1. The minimum Gasteiger partial charge on any atom is -0.356 e. The first-order valence-corrected chi connectivity index (χ1v) is 9.62. The summed E-state index contributed by atoms with van der Waals surface area (Å²) in [6.45, 7) is 6.67. The average molecular weight is 365 g/mol. The highest BCUT2D eigenvalue weighted by molar-refractivity contribution is 5.49. The third-order valence-electron chi connectivity index (χ3n) is 5.44. The average Bonchev–Trinajstić information content (AvgIpc) is 3.35. The van der Waals surface area contributed by atoms with Gasteiger partial charge in [0, 0.05) is 37.1 Å². The molecule has 3 aromatic rings. The molecule has 0 amide bonds. The Morgan fingerprint density at radius 2 is 2.04 bits per heavy atom. The van der Waals surface area contributed by atoms with Crippen molar-refractivity contribution in [2.24, 2.45) is 5.92 Å². The number of nitrogens with zero attached hydrogens (tertiary/aromatic N) is 7. The van der Waals surface area contributed by atoms with E-state index in [4.69, 9.17) is 0 Å². The van der Waals surface area contributed by atoms with Crippen LogP contribution >= 0.6 is 0 Å². The third-order valence-corrected chi connectivity index (χ3v) is 5.44. The van der Waals surface area contributed by atoms with Crippen LogP contribution < -0.4 is 10.5 Å². The van der Waals surface area contributed by atoms with Gasteiger partial charge in [-0.25, -0.2) is 9.67 Å². The molecule has 1 saturated carbocycles. The number of rotatable bonds is 5. The third kappa shape index (κ3) is 2.98. The molecule has 2 aliphatic rings. The Bertz CT molecular complexity index is 1040. The van der Waals surface area contributed by atoms with Crippen LogP contribution in [0.2, 0.25) is 0 Å². The second-order valence-corrected chi connectivity index (χ2v) is 7.99. The molecule has 140 valence electrons. The van der Waals surface area contributed by atoms with Crippen molar-refractivity contribution in [1.29, 1.82) is 0 Å². The lowest BCUT2D eigenvalue weighted by Crippen LogP contribution is -2.50. The van der Waals surface area contributed by atoms with Gasteiger partial charge in [-0.1, -0.05) is 13.8 Å². The summed E-state index contributed by atoms with van der Waals surface area (Å²) in [7, 11) is 0. The van der Waals surface area contributed by atoms with E-state index in [-0.39, 0.29) is 5.56 Å². The standard InChI is InChI=1S/C19H23N7O/c1-12(2)16-7-17(26-19(22-16)20-11-21-26)24-8-13(9-24)10-25-18(27)6-5-15(23-25)14-3-4-14/h5-7,11-14H,3-4,8-10H2,1-2H3. The molecule has 1 aliphatic carbocycles. The monoisotopic (exact) mass is 365 g/mol. The summed E-state index contributed by atoms with van der Waals surface area (Å²) in [5, 5.41) is 8.90. The maximum atomic E-state index is 12.2. The maximum absolute atomic E-state index is 12.2. The smallest absolute Gasteiger partial charge is 0.266 e. The molecule has 0 radical (unpaired) electrons. The van der Waals surface area contributed by atoms with Gasteiger partial charge in [0.25, 0.3) is 11.3 Å². The highest BCUT2D eigenvalue weighted by Gasteiger charge is 2.31. The number of hydrogen-bond donors (Lipinski definition) is 0. The second kappa shape index (κ2) is 6.14. The van der Waals surface area contributed by atoms with Gasteiger partial charge in [0.15, 0.2) is 0 Å².